The van der Waals surface area contributed by atoms with Crippen molar-refractivity contribution in [3.63, 3.8) is 0 Å². The highest BCUT2D eigenvalue weighted by Gasteiger charge is 2.35. The maximum atomic E-state index is 11.7. The van der Waals surface area contributed by atoms with E-state index in [1.54, 1.807) is 0 Å². The lowest BCUT2D eigenvalue weighted by atomic mass is 10.5. The summed E-state index contributed by atoms with van der Waals surface area (Å²) in [5, 5.41) is -0.873. The van der Waals surface area contributed by atoms with Gasteiger partial charge in [0.25, 0.3) is 0 Å². The lowest BCUT2D eigenvalue weighted by molar-refractivity contribution is -0.109. The molecule has 0 saturated carbocycles. The average molecular weight is 163 g/mol. The van der Waals surface area contributed by atoms with Crippen molar-refractivity contribution in [2.24, 2.45) is 0 Å². The Labute approximate surface area is 54.1 Å². The van der Waals surface area contributed by atoms with Gasteiger partial charge in [-0.15, -0.1) is 0 Å². The highest BCUT2D eigenvalue weighted by molar-refractivity contribution is 6.29. The monoisotopic (exact) mass is 162 g/mol. The third kappa shape index (κ3) is 2.70. The van der Waals surface area contributed by atoms with E-state index < -0.39 is 17.0 Å². The molecule has 54 valence electrons. The van der Waals surface area contributed by atoms with Gasteiger partial charge in [-0.2, -0.15) is 13.2 Å². The van der Waals surface area contributed by atoms with Crippen molar-refractivity contribution in [3.05, 3.63) is 10.9 Å². The van der Waals surface area contributed by atoms with E-state index in [2.05, 4.69) is 0 Å². The Morgan fingerprint density at radius 1 is 1.33 bits per heavy atom. The number of allylic oxidation sites excluding steroid dienone is 2. The molecule has 0 aromatic heterocycles. The average Bonchev–Trinajstić information content (AvgIpc) is 1.62. The molecule has 0 heterocycles. The van der Waals surface area contributed by atoms with Gasteiger partial charge in [-0.1, -0.05) is 11.6 Å². The summed E-state index contributed by atoms with van der Waals surface area (Å²) >= 11 is 4.70. The van der Waals surface area contributed by atoms with Crippen LogP contribution in [-0.4, -0.2) is 6.18 Å². The highest BCUT2D eigenvalue weighted by atomic mass is 35.5. The van der Waals surface area contributed by atoms with Crippen molar-refractivity contribution in [1.82, 2.24) is 0 Å². The molecule has 0 radical (unpaired) electrons. The van der Waals surface area contributed by atoms with Crippen LogP contribution in [0.5, 0.6) is 0 Å². The topological polar surface area (TPSA) is 0 Å². The molecule has 0 N–H and O–H groups in total. The molecule has 0 rings (SSSR count). The summed E-state index contributed by atoms with van der Waals surface area (Å²) in [5.74, 6) is -2.23. The van der Waals surface area contributed by atoms with E-state index in [0.717, 1.165) is 6.92 Å². The molecule has 0 aliphatic carbocycles. The lowest BCUT2D eigenvalue weighted by Gasteiger charge is -2.01. The molecular weight excluding hydrogens is 159 g/mol. The van der Waals surface area contributed by atoms with Gasteiger partial charge >= 0.3 is 6.18 Å². The van der Waals surface area contributed by atoms with Crippen LogP contribution in [0.2, 0.25) is 0 Å². The molecule has 0 bridgehead atoms. The minimum atomic E-state index is -4.94. The second-order valence-corrected chi connectivity index (χ2v) is 1.91. The Balaban J connectivity index is 4.40. The van der Waals surface area contributed by atoms with Gasteiger partial charge in [0.1, 0.15) is 0 Å². The summed E-state index contributed by atoms with van der Waals surface area (Å²) < 4.78 is 45.2. The summed E-state index contributed by atoms with van der Waals surface area (Å²) in [6.07, 6.45) is -4.94. The summed E-state index contributed by atoms with van der Waals surface area (Å²) in [4.78, 5) is 0. The number of rotatable bonds is 0. The first-order chi connectivity index (χ1) is 3.85. The van der Waals surface area contributed by atoms with Gasteiger partial charge in [0.2, 0.25) is 5.83 Å². The second-order valence-electron chi connectivity index (χ2n) is 1.35. The molecule has 0 saturated heterocycles. The molecule has 0 unspecified atom stereocenters. The van der Waals surface area contributed by atoms with Gasteiger partial charge in [0.05, 0.1) is 5.03 Å². The molecule has 5 heteroatoms. The fourth-order valence-corrected chi connectivity index (χ4v) is 0.302. The Morgan fingerprint density at radius 2 is 1.67 bits per heavy atom. The van der Waals surface area contributed by atoms with E-state index in [0.29, 0.717) is 0 Å². The normalized spacial score (nSPS) is 15.3. The molecule has 0 aliphatic rings. The largest absolute Gasteiger partial charge is 0.444 e. The highest BCUT2D eigenvalue weighted by Crippen LogP contribution is 2.30. The van der Waals surface area contributed by atoms with Gasteiger partial charge in [-0.25, -0.2) is 4.39 Å². The fraction of sp³-hybridized carbons (Fsp3) is 0.500. The van der Waals surface area contributed by atoms with Gasteiger partial charge in [-0.3, -0.25) is 0 Å². The third-order valence-corrected chi connectivity index (χ3v) is 0.717. The van der Waals surface area contributed by atoms with E-state index in [-0.39, 0.29) is 0 Å². The van der Waals surface area contributed by atoms with Gasteiger partial charge in [-0.05, 0) is 6.92 Å². The van der Waals surface area contributed by atoms with Crippen molar-refractivity contribution in [1.29, 1.82) is 0 Å². The van der Waals surface area contributed by atoms with E-state index in [1.807, 2.05) is 0 Å². The first kappa shape index (κ1) is 8.75. The van der Waals surface area contributed by atoms with Crippen molar-refractivity contribution < 1.29 is 17.6 Å². The van der Waals surface area contributed by atoms with Crippen molar-refractivity contribution >= 4 is 11.6 Å². The maximum Gasteiger partial charge on any atom is 0.444 e. The summed E-state index contributed by atoms with van der Waals surface area (Å²) in [7, 11) is 0. The molecule has 0 spiro atoms. The minimum absolute atomic E-state index is 0.838. The van der Waals surface area contributed by atoms with Crippen LogP contribution in [0.1, 0.15) is 6.92 Å². The number of alkyl halides is 3. The van der Waals surface area contributed by atoms with Crippen LogP contribution in [-0.2, 0) is 0 Å². The molecule has 9 heavy (non-hydrogen) atoms. The van der Waals surface area contributed by atoms with Crippen LogP contribution >= 0.6 is 11.6 Å². The van der Waals surface area contributed by atoms with Crippen LogP contribution < -0.4 is 0 Å². The van der Waals surface area contributed by atoms with E-state index in [1.165, 1.54) is 0 Å². The zero-order valence-corrected chi connectivity index (χ0v) is 5.15. The van der Waals surface area contributed by atoms with Crippen molar-refractivity contribution in [3.8, 4) is 0 Å². The van der Waals surface area contributed by atoms with Crippen molar-refractivity contribution in [2.75, 3.05) is 0 Å². The fourth-order valence-electron chi connectivity index (χ4n) is 0.195. The zero-order chi connectivity index (χ0) is 7.65. The lowest BCUT2D eigenvalue weighted by Crippen LogP contribution is -2.08. The molecule has 0 amide bonds. The number of halogens is 5. The predicted octanol–water partition coefficient (Wildman–Crippen LogP) is 2.99. The van der Waals surface area contributed by atoms with Crippen molar-refractivity contribution in [2.45, 2.75) is 13.1 Å². The summed E-state index contributed by atoms with van der Waals surface area (Å²) in [5.41, 5.74) is 0. The zero-order valence-electron chi connectivity index (χ0n) is 4.39. The van der Waals surface area contributed by atoms with Gasteiger partial charge < -0.3 is 0 Å². The Morgan fingerprint density at radius 3 is 1.67 bits per heavy atom. The number of hydrogen-bond donors (Lipinski definition) is 0. The van der Waals surface area contributed by atoms with Crippen LogP contribution in [0.15, 0.2) is 10.9 Å². The molecule has 0 fully saturated rings. The van der Waals surface area contributed by atoms with Crippen LogP contribution in [0, 0.1) is 0 Å². The molecule has 0 atom stereocenters. The Kier molecular flexibility index (Phi) is 2.49. The van der Waals surface area contributed by atoms with E-state index in [4.69, 9.17) is 11.6 Å². The molecular formula is C4H3ClF4. The van der Waals surface area contributed by atoms with Gasteiger partial charge in [0, 0.05) is 0 Å². The smallest absolute Gasteiger partial charge is 0.200 e. The third-order valence-electron chi connectivity index (χ3n) is 0.551. The Bertz CT molecular complexity index is 130. The Hall–Kier alpha value is -0.250. The van der Waals surface area contributed by atoms with E-state index >= 15 is 0 Å². The summed E-state index contributed by atoms with van der Waals surface area (Å²) in [6, 6.07) is 0. The summed E-state index contributed by atoms with van der Waals surface area (Å²) in [6.45, 7) is 0.838. The quantitative estimate of drug-likeness (QED) is 0.481. The first-order valence-corrected chi connectivity index (χ1v) is 2.32. The van der Waals surface area contributed by atoms with Crippen LogP contribution in [0.4, 0.5) is 17.6 Å². The van der Waals surface area contributed by atoms with E-state index in [9.17, 15) is 17.6 Å². The molecule has 0 aliphatic heterocycles. The molecule has 0 aromatic carbocycles. The van der Waals surface area contributed by atoms with Gasteiger partial charge in [0.15, 0.2) is 0 Å². The standard InChI is InChI=1S/C4H3ClF4/c1-2(5)3(6)4(7,8)9/h1H3/b3-2-. The van der Waals surface area contributed by atoms with Crippen LogP contribution in [0.25, 0.3) is 0 Å². The molecule has 0 nitrogen and oxygen atoms in total. The minimum Gasteiger partial charge on any atom is -0.200 e. The van der Waals surface area contributed by atoms with Crippen LogP contribution in [0.3, 0.4) is 0 Å². The molecule has 0 aromatic rings. The first-order valence-electron chi connectivity index (χ1n) is 1.94. The maximum absolute atomic E-state index is 11.7. The number of hydrogen-bond acceptors (Lipinski definition) is 0. The predicted molar refractivity (Wildman–Crippen MR) is 25.7 cm³/mol. The SMILES string of the molecule is C/C(Cl)=C(/F)C(F)(F)F. The second kappa shape index (κ2) is 2.56.